The van der Waals surface area contributed by atoms with Crippen molar-refractivity contribution in [2.75, 3.05) is 6.54 Å². The van der Waals surface area contributed by atoms with Crippen LogP contribution in [-0.4, -0.2) is 24.9 Å². The van der Waals surface area contributed by atoms with Crippen LogP contribution in [0.4, 0.5) is 0 Å². The van der Waals surface area contributed by atoms with Gasteiger partial charge < -0.3 is 0 Å². The van der Waals surface area contributed by atoms with E-state index in [9.17, 15) is 8.42 Å². The number of sulfonamides is 1. The molecule has 0 bridgehead atoms. The van der Waals surface area contributed by atoms with Gasteiger partial charge in [-0.1, -0.05) is 29.8 Å². The number of benzene rings is 1. The minimum Gasteiger partial charge on any atom is -0.265 e. The van der Waals surface area contributed by atoms with Crippen LogP contribution in [0.1, 0.15) is 16.1 Å². The smallest absolute Gasteiger partial charge is 0.215 e. The van der Waals surface area contributed by atoms with Crippen LogP contribution in [0.5, 0.6) is 0 Å². The molecule has 0 amide bonds. The molecule has 3 aromatic rings. The highest BCUT2D eigenvalue weighted by Gasteiger charge is 2.12. The number of pyridine rings is 1. The van der Waals surface area contributed by atoms with Gasteiger partial charge in [-0.05, 0) is 24.6 Å². The van der Waals surface area contributed by atoms with Gasteiger partial charge in [0, 0.05) is 36.3 Å². The van der Waals surface area contributed by atoms with Gasteiger partial charge in [-0.15, -0.1) is 11.3 Å². The fraction of sp³-hybridized carbons (Fsp3) is 0.222. The van der Waals surface area contributed by atoms with Gasteiger partial charge in [-0.3, -0.25) is 4.98 Å². The van der Waals surface area contributed by atoms with Gasteiger partial charge in [0.2, 0.25) is 10.0 Å². The van der Waals surface area contributed by atoms with Crippen molar-refractivity contribution in [2.24, 2.45) is 0 Å². The van der Waals surface area contributed by atoms with E-state index < -0.39 is 10.0 Å². The maximum atomic E-state index is 12.2. The second-order valence-electron chi connectivity index (χ2n) is 5.75. The van der Waals surface area contributed by atoms with E-state index >= 15 is 0 Å². The molecule has 0 radical (unpaired) electrons. The summed E-state index contributed by atoms with van der Waals surface area (Å²) in [6, 6.07) is 11.3. The van der Waals surface area contributed by atoms with Crippen molar-refractivity contribution in [1.29, 1.82) is 0 Å². The first-order valence-electron chi connectivity index (χ1n) is 7.89. The third kappa shape index (κ3) is 5.19. The third-order valence-corrected chi connectivity index (χ3v) is 5.93. The van der Waals surface area contributed by atoms with Gasteiger partial charge in [-0.2, -0.15) is 0 Å². The lowest BCUT2D eigenvalue weighted by Crippen LogP contribution is -2.27. The average molecular weight is 374 g/mol. The third-order valence-electron chi connectivity index (χ3n) is 3.67. The minimum atomic E-state index is -3.34. The molecule has 0 atom stereocenters. The van der Waals surface area contributed by atoms with Crippen LogP contribution in [0.3, 0.4) is 0 Å². The predicted octanol–water partition coefficient (Wildman–Crippen LogP) is 3.18. The fourth-order valence-corrected chi connectivity index (χ4v) is 4.30. The van der Waals surface area contributed by atoms with E-state index in [0.717, 1.165) is 27.4 Å². The number of rotatable bonds is 7. The number of aromatic nitrogens is 2. The second kappa shape index (κ2) is 7.86. The summed E-state index contributed by atoms with van der Waals surface area (Å²) in [6.45, 7) is 2.32. The highest BCUT2D eigenvalue weighted by atomic mass is 32.2. The summed E-state index contributed by atoms with van der Waals surface area (Å²) in [5.41, 5.74) is 3.80. The summed E-state index contributed by atoms with van der Waals surface area (Å²) in [6.07, 6.45) is 4.03. The molecule has 3 rings (SSSR count). The largest absolute Gasteiger partial charge is 0.265 e. The Morgan fingerprint density at radius 3 is 2.52 bits per heavy atom. The van der Waals surface area contributed by atoms with E-state index in [0.29, 0.717) is 13.0 Å². The van der Waals surface area contributed by atoms with Crippen molar-refractivity contribution in [2.45, 2.75) is 19.1 Å². The predicted molar refractivity (Wildman–Crippen MR) is 101 cm³/mol. The molecule has 0 spiro atoms. The molecular formula is C18H19N3O2S2. The normalized spacial score (nSPS) is 11.6. The van der Waals surface area contributed by atoms with Crippen LogP contribution >= 0.6 is 11.3 Å². The standard InChI is InChI=1S/C18H19N3O2S2/c1-14-2-4-15(5-3-14)13-25(22,23)20-11-8-18-21-17(12-24-18)16-6-9-19-10-7-16/h2-7,9-10,12,20H,8,11,13H2,1H3. The van der Waals surface area contributed by atoms with Gasteiger partial charge in [0.1, 0.15) is 0 Å². The molecule has 0 unspecified atom stereocenters. The zero-order valence-electron chi connectivity index (χ0n) is 13.8. The number of hydrogen-bond donors (Lipinski definition) is 1. The number of nitrogens with zero attached hydrogens (tertiary/aromatic N) is 2. The quantitative estimate of drug-likeness (QED) is 0.690. The molecule has 1 aromatic carbocycles. The van der Waals surface area contributed by atoms with E-state index in [1.54, 1.807) is 12.4 Å². The first-order valence-corrected chi connectivity index (χ1v) is 10.4. The van der Waals surface area contributed by atoms with Crippen LogP contribution in [0.15, 0.2) is 54.2 Å². The summed E-state index contributed by atoms with van der Waals surface area (Å²) >= 11 is 1.53. The van der Waals surface area contributed by atoms with Crippen LogP contribution in [0.25, 0.3) is 11.3 Å². The second-order valence-corrected chi connectivity index (χ2v) is 8.50. The Hall–Kier alpha value is -2.09. The fourth-order valence-electron chi connectivity index (χ4n) is 2.35. The van der Waals surface area contributed by atoms with Crippen LogP contribution in [-0.2, 0) is 22.2 Å². The molecule has 0 aliphatic heterocycles. The van der Waals surface area contributed by atoms with E-state index in [1.165, 1.54) is 11.3 Å². The van der Waals surface area contributed by atoms with Crippen LogP contribution in [0, 0.1) is 6.92 Å². The van der Waals surface area contributed by atoms with Crippen molar-refractivity contribution < 1.29 is 8.42 Å². The highest BCUT2D eigenvalue weighted by molar-refractivity contribution is 7.88. The molecule has 130 valence electrons. The molecule has 0 aliphatic rings. The molecule has 25 heavy (non-hydrogen) atoms. The Balaban J connectivity index is 1.54. The first kappa shape index (κ1) is 17.7. The lowest BCUT2D eigenvalue weighted by Gasteiger charge is -2.06. The molecule has 0 saturated heterocycles. The molecule has 7 heteroatoms. The summed E-state index contributed by atoms with van der Waals surface area (Å²) in [5, 5.41) is 2.88. The number of aryl methyl sites for hydroxylation is 1. The maximum absolute atomic E-state index is 12.2. The summed E-state index contributed by atoms with van der Waals surface area (Å²) in [5.74, 6) is -0.00653. The van der Waals surface area contributed by atoms with Crippen molar-refractivity contribution in [1.82, 2.24) is 14.7 Å². The van der Waals surface area contributed by atoms with Crippen molar-refractivity contribution >= 4 is 21.4 Å². The molecular weight excluding hydrogens is 354 g/mol. The average Bonchev–Trinajstić information content (AvgIpc) is 3.06. The molecule has 0 aliphatic carbocycles. The molecule has 5 nitrogen and oxygen atoms in total. The molecule has 0 fully saturated rings. The maximum Gasteiger partial charge on any atom is 0.215 e. The van der Waals surface area contributed by atoms with E-state index in [1.807, 2.05) is 48.7 Å². The summed E-state index contributed by atoms with van der Waals surface area (Å²) in [4.78, 5) is 8.54. The molecule has 2 heterocycles. The van der Waals surface area contributed by atoms with E-state index in [2.05, 4.69) is 14.7 Å². The monoisotopic (exact) mass is 373 g/mol. The van der Waals surface area contributed by atoms with Crippen molar-refractivity contribution in [3.8, 4) is 11.3 Å². The van der Waals surface area contributed by atoms with Gasteiger partial charge >= 0.3 is 0 Å². The van der Waals surface area contributed by atoms with Crippen molar-refractivity contribution in [3.63, 3.8) is 0 Å². The van der Waals surface area contributed by atoms with Crippen LogP contribution < -0.4 is 4.72 Å². The number of nitrogens with one attached hydrogen (secondary N) is 1. The Bertz CT molecular complexity index is 920. The Kier molecular flexibility index (Phi) is 5.57. The van der Waals surface area contributed by atoms with Gasteiger partial charge in [0.25, 0.3) is 0 Å². The lowest BCUT2D eigenvalue weighted by atomic mass is 10.2. The van der Waals surface area contributed by atoms with Gasteiger partial charge in [0.15, 0.2) is 0 Å². The lowest BCUT2D eigenvalue weighted by molar-refractivity contribution is 0.580. The van der Waals surface area contributed by atoms with E-state index in [-0.39, 0.29) is 5.75 Å². The minimum absolute atomic E-state index is 0.00653. The summed E-state index contributed by atoms with van der Waals surface area (Å²) in [7, 11) is -3.34. The van der Waals surface area contributed by atoms with Gasteiger partial charge in [-0.25, -0.2) is 18.1 Å². The van der Waals surface area contributed by atoms with Crippen LogP contribution in [0.2, 0.25) is 0 Å². The Morgan fingerprint density at radius 2 is 1.80 bits per heavy atom. The number of hydrogen-bond acceptors (Lipinski definition) is 5. The SMILES string of the molecule is Cc1ccc(CS(=O)(=O)NCCc2nc(-c3ccncc3)cs2)cc1. The zero-order chi connectivity index (χ0) is 17.7. The zero-order valence-corrected chi connectivity index (χ0v) is 15.5. The number of thiazole rings is 1. The molecule has 0 saturated carbocycles. The Labute approximate surface area is 151 Å². The highest BCUT2D eigenvalue weighted by Crippen LogP contribution is 2.21. The van der Waals surface area contributed by atoms with E-state index in [4.69, 9.17) is 0 Å². The van der Waals surface area contributed by atoms with Crippen molar-refractivity contribution in [3.05, 3.63) is 70.3 Å². The molecule has 2 aromatic heterocycles. The van der Waals surface area contributed by atoms with Gasteiger partial charge in [0.05, 0.1) is 16.5 Å². The topological polar surface area (TPSA) is 72.0 Å². The summed E-state index contributed by atoms with van der Waals surface area (Å²) < 4.78 is 27.0. The first-order chi connectivity index (χ1) is 12.0. The Morgan fingerprint density at radius 1 is 1.08 bits per heavy atom. The molecule has 1 N–H and O–H groups in total.